The van der Waals surface area contributed by atoms with Gasteiger partial charge in [-0.25, -0.2) is 4.98 Å². The van der Waals surface area contributed by atoms with Crippen molar-refractivity contribution in [2.75, 3.05) is 10.6 Å². The normalized spacial score (nSPS) is 11.2. The Kier molecular flexibility index (Phi) is 7.05. The summed E-state index contributed by atoms with van der Waals surface area (Å²) in [4.78, 5) is 27.6. The monoisotopic (exact) mass is 429 g/mol. The average Bonchev–Trinajstić information content (AvgIpc) is 2.72. The number of carbonyl (C=O) groups is 2. The minimum absolute atomic E-state index is 0.00866. The number of carbonyl (C=O) groups excluding carboxylic acids is 2. The van der Waals surface area contributed by atoms with Crippen LogP contribution in [0.15, 0.2) is 72.9 Å². The summed E-state index contributed by atoms with van der Waals surface area (Å²) in [5.74, 6) is 1.15. The zero-order valence-corrected chi connectivity index (χ0v) is 18.7. The van der Waals surface area contributed by atoms with Gasteiger partial charge >= 0.3 is 0 Å². The first-order valence-corrected chi connectivity index (χ1v) is 10.3. The predicted molar refractivity (Wildman–Crippen MR) is 128 cm³/mol. The SMILES string of the molecule is CC(=O)Nc1cc(Oc2cccc(C=CC(=O)Nc3cccc(C(C)(C)C)c3)c2)ccn1. The standard InChI is InChI=1S/C26H27N3O3/c1-18(30)28-24-17-23(13-14-27-24)32-22-10-5-7-19(15-22)11-12-25(31)29-21-9-6-8-20(16-21)26(2,3)4/h5-17H,1-4H3,(H,29,31)(H,27,28,30). The third-order valence-corrected chi connectivity index (χ3v) is 4.55. The number of nitrogens with zero attached hydrogens (tertiary/aromatic N) is 1. The van der Waals surface area contributed by atoms with E-state index >= 15 is 0 Å². The van der Waals surface area contributed by atoms with E-state index in [-0.39, 0.29) is 17.2 Å². The number of hydrogen-bond donors (Lipinski definition) is 2. The van der Waals surface area contributed by atoms with Crippen LogP contribution in [0.3, 0.4) is 0 Å². The van der Waals surface area contributed by atoms with Crippen molar-refractivity contribution in [1.82, 2.24) is 4.98 Å². The highest BCUT2D eigenvalue weighted by Crippen LogP contribution is 2.25. The molecule has 32 heavy (non-hydrogen) atoms. The van der Waals surface area contributed by atoms with E-state index in [1.165, 1.54) is 13.0 Å². The fourth-order valence-electron chi connectivity index (χ4n) is 2.96. The summed E-state index contributed by atoms with van der Waals surface area (Å²) in [5, 5.41) is 5.52. The summed E-state index contributed by atoms with van der Waals surface area (Å²) < 4.78 is 5.86. The summed E-state index contributed by atoms with van der Waals surface area (Å²) in [6.07, 6.45) is 4.78. The molecule has 0 aliphatic carbocycles. The van der Waals surface area contributed by atoms with Crippen LogP contribution in [0.2, 0.25) is 0 Å². The van der Waals surface area contributed by atoms with Crippen LogP contribution in [0.4, 0.5) is 11.5 Å². The van der Waals surface area contributed by atoms with Crippen LogP contribution in [0.25, 0.3) is 6.08 Å². The molecule has 0 spiro atoms. The van der Waals surface area contributed by atoms with Crippen molar-refractivity contribution in [3.8, 4) is 11.5 Å². The molecule has 6 heteroatoms. The molecule has 0 radical (unpaired) electrons. The molecule has 0 unspecified atom stereocenters. The molecule has 0 saturated carbocycles. The van der Waals surface area contributed by atoms with E-state index < -0.39 is 0 Å². The lowest BCUT2D eigenvalue weighted by Gasteiger charge is -2.19. The van der Waals surface area contributed by atoms with E-state index in [2.05, 4.69) is 42.5 Å². The van der Waals surface area contributed by atoms with Crippen molar-refractivity contribution in [2.45, 2.75) is 33.1 Å². The summed E-state index contributed by atoms with van der Waals surface area (Å²) in [7, 11) is 0. The largest absolute Gasteiger partial charge is 0.457 e. The van der Waals surface area contributed by atoms with Gasteiger partial charge < -0.3 is 15.4 Å². The third-order valence-electron chi connectivity index (χ3n) is 4.55. The minimum Gasteiger partial charge on any atom is -0.457 e. The fraction of sp³-hybridized carbons (Fsp3) is 0.192. The van der Waals surface area contributed by atoms with Gasteiger partial charge in [-0.05, 0) is 52.9 Å². The fourth-order valence-corrected chi connectivity index (χ4v) is 2.96. The number of nitrogens with one attached hydrogen (secondary N) is 2. The second-order valence-electron chi connectivity index (χ2n) is 8.39. The van der Waals surface area contributed by atoms with Crippen molar-refractivity contribution in [3.05, 3.63) is 84.1 Å². The molecule has 0 aliphatic heterocycles. The average molecular weight is 430 g/mol. The first-order chi connectivity index (χ1) is 15.2. The number of pyridine rings is 1. The van der Waals surface area contributed by atoms with Crippen molar-refractivity contribution < 1.29 is 14.3 Å². The number of aromatic nitrogens is 1. The molecule has 2 amide bonds. The second kappa shape index (κ2) is 9.92. The summed E-state index contributed by atoms with van der Waals surface area (Å²) in [6, 6.07) is 18.6. The Bertz CT molecular complexity index is 1150. The molecule has 2 N–H and O–H groups in total. The summed E-state index contributed by atoms with van der Waals surface area (Å²) in [6.45, 7) is 7.82. The minimum atomic E-state index is -0.212. The van der Waals surface area contributed by atoms with Crippen LogP contribution >= 0.6 is 0 Å². The third kappa shape index (κ3) is 6.80. The molecule has 0 aliphatic rings. The van der Waals surface area contributed by atoms with Crippen molar-refractivity contribution >= 4 is 29.4 Å². The van der Waals surface area contributed by atoms with Gasteiger partial charge in [0.1, 0.15) is 17.3 Å². The maximum Gasteiger partial charge on any atom is 0.248 e. The Morgan fingerprint density at radius 1 is 0.938 bits per heavy atom. The van der Waals surface area contributed by atoms with Gasteiger partial charge in [0, 0.05) is 31.0 Å². The highest BCUT2D eigenvalue weighted by molar-refractivity contribution is 6.02. The Balaban J connectivity index is 1.65. The van der Waals surface area contributed by atoms with E-state index in [9.17, 15) is 9.59 Å². The Labute approximate surface area is 188 Å². The maximum atomic E-state index is 12.4. The van der Waals surface area contributed by atoms with Gasteiger partial charge in [0.25, 0.3) is 0 Å². The van der Waals surface area contributed by atoms with Gasteiger partial charge in [-0.3, -0.25) is 9.59 Å². The highest BCUT2D eigenvalue weighted by Gasteiger charge is 2.13. The van der Waals surface area contributed by atoms with E-state index in [4.69, 9.17) is 4.74 Å². The van der Waals surface area contributed by atoms with E-state index in [0.717, 1.165) is 16.8 Å². The second-order valence-corrected chi connectivity index (χ2v) is 8.39. The van der Waals surface area contributed by atoms with Crippen LogP contribution < -0.4 is 15.4 Å². The van der Waals surface area contributed by atoms with Crippen LogP contribution in [0, 0.1) is 0 Å². The molecule has 164 valence electrons. The molecule has 6 nitrogen and oxygen atoms in total. The molecule has 0 saturated heterocycles. The lowest BCUT2D eigenvalue weighted by atomic mass is 9.87. The predicted octanol–water partition coefficient (Wildman–Crippen LogP) is 5.78. The first-order valence-electron chi connectivity index (χ1n) is 10.3. The molecular weight excluding hydrogens is 402 g/mol. The smallest absolute Gasteiger partial charge is 0.248 e. The van der Waals surface area contributed by atoms with Gasteiger partial charge in [0.15, 0.2) is 0 Å². The molecule has 1 heterocycles. The zero-order chi connectivity index (χ0) is 23.1. The van der Waals surface area contributed by atoms with E-state index in [1.54, 1.807) is 24.4 Å². The number of benzene rings is 2. The number of anilines is 2. The molecule has 0 bridgehead atoms. The maximum absolute atomic E-state index is 12.4. The first kappa shape index (κ1) is 22.7. The highest BCUT2D eigenvalue weighted by atomic mass is 16.5. The Hall–Kier alpha value is -3.93. The zero-order valence-electron chi connectivity index (χ0n) is 18.7. The van der Waals surface area contributed by atoms with E-state index in [1.807, 2.05) is 42.5 Å². The van der Waals surface area contributed by atoms with Crippen LogP contribution in [-0.2, 0) is 15.0 Å². The number of ether oxygens (including phenoxy) is 1. The Morgan fingerprint density at radius 2 is 1.69 bits per heavy atom. The summed E-state index contributed by atoms with van der Waals surface area (Å²) in [5.41, 5.74) is 2.74. The quantitative estimate of drug-likeness (QED) is 0.487. The van der Waals surface area contributed by atoms with Crippen LogP contribution in [0.5, 0.6) is 11.5 Å². The molecule has 0 atom stereocenters. The van der Waals surface area contributed by atoms with Gasteiger partial charge in [0.05, 0.1) is 0 Å². The van der Waals surface area contributed by atoms with Gasteiger partial charge in [-0.15, -0.1) is 0 Å². The van der Waals surface area contributed by atoms with Gasteiger partial charge in [-0.2, -0.15) is 0 Å². The lowest BCUT2D eigenvalue weighted by molar-refractivity contribution is -0.114. The number of amides is 2. The van der Waals surface area contributed by atoms with Gasteiger partial charge in [-0.1, -0.05) is 45.0 Å². The molecule has 1 aromatic heterocycles. The van der Waals surface area contributed by atoms with Crippen molar-refractivity contribution in [2.24, 2.45) is 0 Å². The molecular formula is C26H27N3O3. The van der Waals surface area contributed by atoms with Crippen molar-refractivity contribution in [3.63, 3.8) is 0 Å². The molecule has 2 aromatic carbocycles. The van der Waals surface area contributed by atoms with Crippen LogP contribution in [-0.4, -0.2) is 16.8 Å². The van der Waals surface area contributed by atoms with Crippen molar-refractivity contribution in [1.29, 1.82) is 0 Å². The van der Waals surface area contributed by atoms with Gasteiger partial charge in [0.2, 0.25) is 11.8 Å². The molecule has 3 aromatic rings. The molecule has 3 rings (SSSR count). The van der Waals surface area contributed by atoms with Crippen LogP contribution in [0.1, 0.15) is 38.8 Å². The Morgan fingerprint density at radius 3 is 2.44 bits per heavy atom. The summed E-state index contributed by atoms with van der Waals surface area (Å²) >= 11 is 0. The lowest BCUT2D eigenvalue weighted by Crippen LogP contribution is -2.13. The molecule has 0 fully saturated rings. The topological polar surface area (TPSA) is 80.3 Å². The van der Waals surface area contributed by atoms with E-state index in [0.29, 0.717) is 17.3 Å². The number of hydrogen-bond acceptors (Lipinski definition) is 4. The number of rotatable bonds is 6.